The molecule has 0 aliphatic heterocycles. The summed E-state index contributed by atoms with van der Waals surface area (Å²) in [5.41, 5.74) is 12.7. The van der Waals surface area contributed by atoms with Crippen molar-refractivity contribution in [3.05, 3.63) is 139 Å². The van der Waals surface area contributed by atoms with Gasteiger partial charge in [0.2, 0.25) is 0 Å². The Morgan fingerprint density at radius 3 is 1.58 bits per heavy atom. The van der Waals surface area contributed by atoms with E-state index in [0.717, 1.165) is 33.1 Å². The molecule has 0 spiro atoms. The molecule has 0 saturated heterocycles. The zero-order valence-electron chi connectivity index (χ0n) is 25.0. The number of hydrogen-bond donors (Lipinski definition) is 0. The van der Waals surface area contributed by atoms with E-state index in [4.69, 9.17) is 9.97 Å². The van der Waals surface area contributed by atoms with Crippen molar-refractivity contribution in [2.45, 2.75) is 13.8 Å². The molecule has 0 radical (unpaired) electrons. The minimum absolute atomic E-state index is 0.904. The first kappa shape index (κ1) is 24.6. The van der Waals surface area contributed by atoms with Crippen LogP contribution in [0.25, 0.3) is 93.1 Å². The van der Waals surface area contributed by atoms with Gasteiger partial charge in [-0.15, -0.1) is 0 Å². The van der Waals surface area contributed by atoms with Gasteiger partial charge < -0.3 is 4.40 Å². The Hall–Kier alpha value is -5.80. The van der Waals surface area contributed by atoms with Crippen molar-refractivity contribution in [1.29, 1.82) is 0 Å². The Kier molecular flexibility index (Phi) is 4.85. The summed E-state index contributed by atoms with van der Waals surface area (Å²) < 4.78 is 2.44. The Balaban J connectivity index is 1.19. The van der Waals surface area contributed by atoms with Gasteiger partial charge in [-0.3, -0.25) is 4.98 Å². The van der Waals surface area contributed by atoms with E-state index < -0.39 is 0 Å². The van der Waals surface area contributed by atoms with Gasteiger partial charge >= 0.3 is 0 Å². The van der Waals surface area contributed by atoms with Crippen LogP contribution in [0.1, 0.15) is 11.1 Å². The van der Waals surface area contributed by atoms with Crippen LogP contribution < -0.4 is 0 Å². The lowest BCUT2D eigenvalue weighted by atomic mass is 9.92. The minimum atomic E-state index is 0.904. The first-order valence-corrected chi connectivity index (χ1v) is 15.5. The third-order valence-corrected chi connectivity index (χ3v) is 9.79. The average Bonchev–Trinajstić information content (AvgIpc) is 3.61. The van der Waals surface area contributed by atoms with Crippen LogP contribution in [0.15, 0.2) is 128 Å². The van der Waals surface area contributed by atoms with E-state index in [0.29, 0.717) is 0 Å². The smallest absolute Gasteiger partial charge is 0.0979 e. The Bertz CT molecular complexity index is 2720. The molecule has 0 bridgehead atoms. The molecule has 45 heavy (non-hydrogen) atoms. The molecule has 210 valence electrons. The molecule has 0 unspecified atom stereocenters. The highest BCUT2D eigenvalue weighted by Gasteiger charge is 2.20. The van der Waals surface area contributed by atoms with Crippen LogP contribution in [0, 0.1) is 13.8 Å². The SMILES string of the molecule is Cc1cc(-c2cnc3c4ccccc4c4ccccc4c3n2)c(C)cc1-c1cc2c3ccccc3n3c4ccccc4c(c1)c23. The average molecular weight is 574 g/mol. The molecule has 0 N–H and O–H groups in total. The highest BCUT2D eigenvalue weighted by Crippen LogP contribution is 2.43. The second-order valence-corrected chi connectivity index (χ2v) is 12.3. The molecule has 3 aromatic heterocycles. The highest BCUT2D eigenvalue weighted by atomic mass is 14.9. The maximum absolute atomic E-state index is 5.29. The molecule has 3 nitrogen and oxygen atoms in total. The second kappa shape index (κ2) is 8.87. The van der Waals surface area contributed by atoms with E-state index in [1.165, 1.54) is 71.1 Å². The second-order valence-electron chi connectivity index (χ2n) is 12.3. The molecule has 0 aliphatic carbocycles. The van der Waals surface area contributed by atoms with Crippen LogP contribution in [-0.4, -0.2) is 14.4 Å². The summed E-state index contributed by atoms with van der Waals surface area (Å²) in [6.45, 7) is 4.41. The summed E-state index contributed by atoms with van der Waals surface area (Å²) >= 11 is 0. The van der Waals surface area contributed by atoms with Crippen molar-refractivity contribution in [3.63, 3.8) is 0 Å². The fourth-order valence-corrected chi connectivity index (χ4v) is 7.76. The quantitative estimate of drug-likeness (QED) is 0.193. The minimum Gasteiger partial charge on any atom is -0.308 e. The lowest BCUT2D eigenvalue weighted by Crippen LogP contribution is -1.95. The van der Waals surface area contributed by atoms with Crippen molar-refractivity contribution in [1.82, 2.24) is 14.4 Å². The zero-order valence-corrected chi connectivity index (χ0v) is 25.0. The van der Waals surface area contributed by atoms with Gasteiger partial charge in [0.1, 0.15) is 0 Å². The number of hydrogen-bond acceptors (Lipinski definition) is 2. The molecule has 10 aromatic rings. The number of para-hydroxylation sites is 2. The van der Waals surface area contributed by atoms with Crippen LogP contribution in [0.5, 0.6) is 0 Å². The number of nitrogens with zero attached hydrogens (tertiary/aromatic N) is 3. The predicted molar refractivity (Wildman–Crippen MR) is 190 cm³/mol. The van der Waals surface area contributed by atoms with Crippen molar-refractivity contribution >= 4 is 70.7 Å². The van der Waals surface area contributed by atoms with Gasteiger partial charge in [-0.2, -0.15) is 0 Å². The summed E-state index contributed by atoms with van der Waals surface area (Å²) in [4.78, 5) is 10.3. The zero-order chi connectivity index (χ0) is 29.8. The van der Waals surface area contributed by atoms with Crippen molar-refractivity contribution in [2.24, 2.45) is 0 Å². The third kappa shape index (κ3) is 3.30. The summed E-state index contributed by atoms with van der Waals surface area (Å²) in [5.74, 6) is 0. The molecule has 0 fully saturated rings. The van der Waals surface area contributed by atoms with Gasteiger partial charge in [-0.25, -0.2) is 4.98 Å². The first-order valence-electron chi connectivity index (χ1n) is 15.5. The molecule has 0 aliphatic rings. The Labute approximate surface area is 259 Å². The van der Waals surface area contributed by atoms with E-state index >= 15 is 0 Å². The van der Waals surface area contributed by atoms with Crippen LogP contribution in [0.2, 0.25) is 0 Å². The van der Waals surface area contributed by atoms with E-state index in [1.54, 1.807) is 0 Å². The van der Waals surface area contributed by atoms with E-state index in [9.17, 15) is 0 Å². The molecular formula is C42H27N3. The standard InChI is InChI=1S/C42H27N3/c1-24-20-34(37-23-43-40-31-15-5-3-11-27(31)28-12-4-6-16-32(28)41(40)44-37)25(2)19-33(24)26-21-35-29-13-7-9-17-38(29)45-39-18-10-8-14-30(39)36(22-26)42(35)45/h3-23H,1-2H3. The summed E-state index contributed by atoms with van der Waals surface area (Å²) in [6.07, 6.45) is 1.95. The number of benzene rings is 7. The molecule has 3 heteroatoms. The lowest BCUT2D eigenvalue weighted by Gasteiger charge is -2.14. The summed E-state index contributed by atoms with van der Waals surface area (Å²) in [6, 6.07) is 44.0. The van der Waals surface area contributed by atoms with Gasteiger partial charge in [-0.05, 0) is 77.2 Å². The molecule has 0 amide bonds. The normalized spacial score (nSPS) is 12.2. The number of rotatable bonds is 2. The first-order chi connectivity index (χ1) is 22.2. The van der Waals surface area contributed by atoms with Crippen LogP contribution >= 0.6 is 0 Å². The fraction of sp³-hybridized carbons (Fsp3) is 0.0476. The van der Waals surface area contributed by atoms with Crippen molar-refractivity contribution in [3.8, 4) is 22.4 Å². The van der Waals surface area contributed by atoms with E-state index in [2.05, 4.69) is 140 Å². The Morgan fingerprint density at radius 1 is 0.467 bits per heavy atom. The van der Waals surface area contributed by atoms with Gasteiger partial charge in [-0.1, -0.05) is 91.0 Å². The molecule has 10 rings (SSSR count). The lowest BCUT2D eigenvalue weighted by molar-refractivity contribution is 1.28. The molecule has 0 saturated carbocycles. The molecular weight excluding hydrogens is 546 g/mol. The van der Waals surface area contributed by atoms with E-state index in [-0.39, 0.29) is 0 Å². The topological polar surface area (TPSA) is 30.2 Å². The maximum atomic E-state index is 5.29. The maximum Gasteiger partial charge on any atom is 0.0979 e. The van der Waals surface area contributed by atoms with Gasteiger partial charge in [0.15, 0.2) is 0 Å². The monoisotopic (exact) mass is 573 g/mol. The van der Waals surface area contributed by atoms with Crippen LogP contribution in [0.3, 0.4) is 0 Å². The molecule has 0 atom stereocenters. The summed E-state index contributed by atoms with van der Waals surface area (Å²) in [5, 5.41) is 9.89. The van der Waals surface area contributed by atoms with Crippen molar-refractivity contribution in [2.75, 3.05) is 0 Å². The highest BCUT2D eigenvalue weighted by molar-refractivity contribution is 6.25. The largest absolute Gasteiger partial charge is 0.308 e. The van der Waals surface area contributed by atoms with Gasteiger partial charge in [0.25, 0.3) is 0 Å². The Morgan fingerprint density at radius 2 is 0.956 bits per heavy atom. The number of aromatic nitrogens is 3. The van der Waals surface area contributed by atoms with Gasteiger partial charge in [0, 0.05) is 37.9 Å². The number of aryl methyl sites for hydroxylation is 2. The van der Waals surface area contributed by atoms with E-state index in [1.807, 2.05) is 6.20 Å². The number of fused-ring (bicyclic) bond motifs is 12. The van der Waals surface area contributed by atoms with Crippen molar-refractivity contribution < 1.29 is 0 Å². The van der Waals surface area contributed by atoms with Crippen LogP contribution in [-0.2, 0) is 0 Å². The van der Waals surface area contributed by atoms with Crippen LogP contribution in [0.4, 0.5) is 0 Å². The fourth-order valence-electron chi connectivity index (χ4n) is 7.76. The molecule has 7 aromatic carbocycles. The predicted octanol–water partition coefficient (Wildman–Crippen LogP) is 11.0. The third-order valence-electron chi connectivity index (χ3n) is 9.79. The summed E-state index contributed by atoms with van der Waals surface area (Å²) in [7, 11) is 0. The molecule has 3 heterocycles. The van der Waals surface area contributed by atoms with Gasteiger partial charge in [0.05, 0.1) is 39.5 Å².